The van der Waals surface area contributed by atoms with Gasteiger partial charge in [0.25, 0.3) is 0 Å². The van der Waals surface area contributed by atoms with Gasteiger partial charge in [-0.2, -0.15) is 13.2 Å². The molecule has 2 fully saturated rings. The Bertz CT molecular complexity index is 939. The van der Waals surface area contributed by atoms with Crippen molar-refractivity contribution in [2.24, 2.45) is 16.6 Å². The summed E-state index contributed by atoms with van der Waals surface area (Å²) >= 11 is 6.39. The summed E-state index contributed by atoms with van der Waals surface area (Å²) in [6, 6.07) is -0.598. The van der Waals surface area contributed by atoms with Gasteiger partial charge in [0.1, 0.15) is 5.71 Å². The fourth-order valence-corrected chi connectivity index (χ4v) is 5.20. The second-order valence-corrected chi connectivity index (χ2v) is 9.51. The van der Waals surface area contributed by atoms with E-state index in [4.69, 9.17) is 17.3 Å². The minimum Gasteiger partial charge on any atom is -0.404 e. The molecule has 0 aromatic carbocycles. The van der Waals surface area contributed by atoms with Crippen LogP contribution in [-0.2, 0) is 0 Å². The number of hydrogen-bond donors (Lipinski definition) is 1. The van der Waals surface area contributed by atoms with E-state index >= 15 is 0 Å². The van der Waals surface area contributed by atoms with E-state index in [1.807, 2.05) is 11.8 Å². The monoisotopic (exact) mass is 480 g/mol. The zero-order valence-corrected chi connectivity index (χ0v) is 20.0. The molecule has 2 heterocycles. The summed E-state index contributed by atoms with van der Waals surface area (Å²) in [5.41, 5.74) is 7.24. The molecule has 2 aliphatic rings. The number of aromatic nitrogens is 1. The Morgan fingerprint density at radius 3 is 2.45 bits per heavy atom. The van der Waals surface area contributed by atoms with Crippen LogP contribution in [-0.4, -0.2) is 40.4 Å². The molecular weight excluding hydrogens is 449 g/mol. The van der Waals surface area contributed by atoms with Gasteiger partial charge in [-0.25, -0.2) is 0 Å². The van der Waals surface area contributed by atoms with Gasteiger partial charge in [-0.05, 0) is 62.5 Å². The maximum atomic E-state index is 14.1. The molecule has 33 heavy (non-hydrogen) atoms. The van der Waals surface area contributed by atoms with Crippen LogP contribution in [0.25, 0.3) is 5.57 Å². The topological polar surface area (TPSA) is 54.5 Å². The first-order valence-electron chi connectivity index (χ1n) is 11.4. The number of aryl methyl sites for hydroxylation is 1. The Morgan fingerprint density at radius 2 is 1.88 bits per heavy atom. The van der Waals surface area contributed by atoms with Crippen LogP contribution >= 0.6 is 11.6 Å². The van der Waals surface area contributed by atoms with Crippen LogP contribution in [0.4, 0.5) is 13.2 Å². The Hall–Kier alpha value is -2.28. The van der Waals surface area contributed by atoms with Crippen LogP contribution < -0.4 is 5.73 Å². The van der Waals surface area contributed by atoms with Gasteiger partial charge in [-0.1, -0.05) is 31.7 Å². The molecule has 0 amide bonds. The predicted octanol–water partition coefficient (Wildman–Crippen LogP) is 6.46. The van der Waals surface area contributed by atoms with Crippen molar-refractivity contribution in [3.05, 3.63) is 59.2 Å². The first kappa shape index (κ1) is 25.3. The molecule has 2 N–H and O–H groups in total. The molecule has 0 bridgehead atoms. The number of nitrogens with two attached hydrogens (primary N) is 1. The van der Waals surface area contributed by atoms with Crippen molar-refractivity contribution in [1.29, 1.82) is 0 Å². The Kier molecular flexibility index (Phi) is 7.93. The average Bonchev–Trinajstić information content (AvgIpc) is 3.24. The van der Waals surface area contributed by atoms with E-state index in [1.54, 1.807) is 12.4 Å². The van der Waals surface area contributed by atoms with Gasteiger partial charge in [0.15, 0.2) is 0 Å². The second-order valence-electron chi connectivity index (χ2n) is 9.11. The highest BCUT2D eigenvalue weighted by molar-refractivity contribution is 6.32. The molecule has 1 aromatic heterocycles. The van der Waals surface area contributed by atoms with Crippen molar-refractivity contribution in [2.45, 2.75) is 70.6 Å². The molecule has 8 heteroatoms. The van der Waals surface area contributed by atoms with Gasteiger partial charge in [0, 0.05) is 42.0 Å². The highest BCUT2D eigenvalue weighted by atomic mass is 35.5. The van der Waals surface area contributed by atoms with Crippen molar-refractivity contribution in [3.8, 4) is 0 Å². The summed E-state index contributed by atoms with van der Waals surface area (Å²) in [6.07, 6.45) is 4.18. The molecule has 0 radical (unpaired) electrons. The molecule has 1 atom stereocenters. The van der Waals surface area contributed by atoms with E-state index in [-0.39, 0.29) is 23.4 Å². The summed E-state index contributed by atoms with van der Waals surface area (Å²) in [5, 5.41) is 0.469. The number of nitrogens with zero attached hydrogens (tertiary/aromatic N) is 3. The smallest absolute Gasteiger partial charge is 0.404 e. The van der Waals surface area contributed by atoms with Gasteiger partial charge in [-0.3, -0.25) is 9.98 Å². The molecule has 1 aliphatic carbocycles. The predicted molar refractivity (Wildman–Crippen MR) is 129 cm³/mol. The lowest BCUT2D eigenvalue weighted by Gasteiger charge is -2.33. The molecule has 1 saturated heterocycles. The fraction of sp³-hybridized carbons (Fsp3) is 0.520. The van der Waals surface area contributed by atoms with Crippen molar-refractivity contribution < 1.29 is 13.2 Å². The lowest BCUT2D eigenvalue weighted by molar-refractivity contribution is -0.0587. The fourth-order valence-electron chi connectivity index (χ4n) is 4.87. The summed E-state index contributed by atoms with van der Waals surface area (Å²) in [4.78, 5) is 10.1. The third kappa shape index (κ3) is 5.62. The molecule has 1 aliphatic heterocycles. The van der Waals surface area contributed by atoms with Crippen LogP contribution in [0.5, 0.6) is 0 Å². The summed E-state index contributed by atoms with van der Waals surface area (Å²) in [5.74, 6) is 0.519. The van der Waals surface area contributed by atoms with Crippen LogP contribution in [0.3, 0.4) is 0 Å². The number of allylic oxidation sites excluding steroid dienone is 1. The third-order valence-electron chi connectivity index (χ3n) is 6.71. The maximum Gasteiger partial charge on any atom is 0.433 e. The Morgan fingerprint density at radius 1 is 1.21 bits per heavy atom. The number of halogens is 4. The molecule has 4 nitrogen and oxygen atoms in total. The highest BCUT2D eigenvalue weighted by Crippen LogP contribution is 2.38. The van der Waals surface area contributed by atoms with Gasteiger partial charge >= 0.3 is 6.18 Å². The minimum absolute atomic E-state index is 0.168. The number of aliphatic imine (C=N–C) groups is 1. The van der Waals surface area contributed by atoms with E-state index < -0.39 is 11.9 Å². The SMILES string of the molecule is C=C(c1c(C)cncc1Cl)C1CCCN1C(=C)C(=CN)C(=NC1CCC(C)CC1)C(F)(F)F. The molecule has 1 aromatic rings. The zero-order valence-electron chi connectivity index (χ0n) is 19.3. The number of likely N-dealkylation sites (tertiary alicyclic amines) is 1. The first-order valence-corrected chi connectivity index (χ1v) is 11.7. The molecule has 1 saturated carbocycles. The average molecular weight is 481 g/mol. The van der Waals surface area contributed by atoms with E-state index in [9.17, 15) is 13.2 Å². The van der Waals surface area contributed by atoms with Crippen LogP contribution in [0, 0.1) is 12.8 Å². The van der Waals surface area contributed by atoms with E-state index in [1.165, 1.54) is 0 Å². The van der Waals surface area contributed by atoms with Crippen molar-refractivity contribution in [3.63, 3.8) is 0 Å². The number of alkyl halides is 3. The maximum absolute atomic E-state index is 14.1. The van der Waals surface area contributed by atoms with Gasteiger partial charge in [-0.15, -0.1) is 0 Å². The Balaban J connectivity index is 1.91. The normalized spacial score (nSPS) is 24.8. The van der Waals surface area contributed by atoms with E-state index in [0.29, 0.717) is 30.3 Å². The molecular formula is C25H32ClF3N4. The Labute approximate surface area is 199 Å². The first-order chi connectivity index (χ1) is 15.5. The molecule has 1 unspecified atom stereocenters. The molecule has 180 valence electrons. The van der Waals surface area contributed by atoms with E-state index in [0.717, 1.165) is 48.6 Å². The summed E-state index contributed by atoms with van der Waals surface area (Å²) in [6.45, 7) is 12.8. The van der Waals surface area contributed by atoms with E-state index in [2.05, 4.69) is 30.1 Å². The minimum atomic E-state index is -4.63. The molecule has 0 spiro atoms. The van der Waals surface area contributed by atoms with Crippen molar-refractivity contribution in [2.75, 3.05) is 6.54 Å². The van der Waals surface area contributed by atoms with Gasteiger partial charge in [0.05, 0.1) is 17.1 Å². The van der Waals surface area contributed by atoms with Gasteiger partial charge < -0.3 is 10.6 Å². The van der Waals surface area contributed by atoms with Gasteiger partial charge in [0.2, 0.25) is 0 Å². The zero-order chi connectivity index (χ0) is 24.3. The largest absolute Gasteiger partial charge is 0.433 e. The lowest BCUT2D eigenvalue weighted by Crippen LogP contribution is -2.36. The second kappa shape index (κ2) is 10.3. The quantitative estimate of drug-likeness (QED) is 0.375. The van der Waals surface area contributed by atoms with Crippen molar-refractivity contribution in [1.82, 2.24) is 9.88 Å². The molecule has 3 rings (SSSR count). The summed E-state index contributed by atoms with van der Waals surface area (Å²) in [7, 11) is 0. The van der Waals surface area contributed by atoms with Crippen molar-refractivity contribution >= 4 is 22.9 Å². The summed E-state index contributed by atoms with van der Waals surface area (Å²) < 4.78 is 42.4. The van der Waals surface area contributed by atoms with Crippen LogP contribution in [0.2, 0.25) is 5.02 Å². The van der Waals surface area contributed by atoms with Crippen LogP contribution in [0.15, 0.2) is 48.0 Å². The lowest BCUT2D eigenvalue weighted by atomic mass is 9.87. The highest BCUT2D eigenvalue weighted by Gasteiger charge is 2.42. The van der Waals surface area contributed by atoms with Crippen LogP contribution in [0.1, 0.15) is 56.6 Å². The standard InChI is InChI=1S/C25H32ClF3N4/c1-15-7-9-19(10-8-15)32-24(25(27,28)29)20(12-30)18(4)33-11-5-6-22(33)17(3)23-16(2)13-31-14-21(23)26/h12-15,19,22H,3-11,30H2,1-2H3. The number of hydrogen-bond acceptors (Lipinski definition) is 4. The third-order valence-corrected chi connectivity index (χ3v) is 7.00. The number of pyridine rings is 1. The number of rotatable bonds is 6.